The summed E-state index contributed by atoms with van der Waals surface area (Å²) in [5.74, 6) is 2.38. The van der Waals surface area contributed by atoms with Crippen molar-refractivity contribution in [3.63, 3.8) is 0 Å². The van der Waals surface area contributed by atoms with Crippen LogP contribution in [0.2, 0.25) is 0 Å². The van der Waals surface area contributed by atoms with Crippen LogP contribution < -0.4 is 14.8 Å². The van der Waals surface area contributed by atoms with Gasteiger partial charge in [0.1, 0.15) is 0 Å². The third-order valence-electron chi connectivity index (χ3n) is 6.05. The van der Waals surface area contributed by atoms with Crippen molar-refractivity contribution < 1.29 is 18.8 Å². The van der Waals surface area contributed by atoms with Crippen LogP contribution in [0.5, 0.6) is 11.5 Å². The molecule has 34 heavy (non-hydrogen) atoms. The topological polar surface area (TPSA) is 89.7 Å². The Morgan fingerprint density at radius 1 is 1.24 bits per heavy atom. The monoisotopic (exact) mass is 528 g/mol. The van der Waals surface area contributed by atoms with Gasteiger partial charge in [-0.15, -0.1) is 0 Å². The van der Waals surface area contributed by atoms with E-state index in [1.807, 2.05) is 49.4 Å². The van der Waals surface area contributed by atoms with Gasteiger partial charge >= 0.3 is 0 Å². The first-order valence-electron chi connectivity index (χ1n) is 11.3. The Labute approximate surface area is 207 Å². The van der Waals surface area contributed by atoms with Gasteiger partial charge in [0.05, 0.1) is 32.7 Å². The molecule has 8 nitrogen and oxygen atoms in total. The molecule has 1 N–H and O–H groups in total. The van der Waals surface area contributed by atoms with Crippen molar-refractivity contribution in [2.75, 3.05) is 27.3 Å². The molecule has 1 aliphatic rings. The van der Waals surface area contributed by atoms with E-state index in [1.165, 1.54) is 0 Å². The summed E-state index contributed by atoms with van der Waals surface area (Å²) in [6, 6.07) is 13.3. The van der Waals surface area contributed by atoms with E-state index in [2.05, 4.69) is 36.3 Å². The van der Waals surface area contributed by atoms with Crippen LogP contribution in [0.3, 0.4) is 0 Å². The Balaban J connectivity index is 1.35. The molecular formula is C25H29BrN4O4. The minimum absolute atomic E-state index is 0.0485. The highest BCUT2D eigenvalue weighted by Gasteiger charge is 2.28. The largest absolute Gasteiger partial charge is 0.493 e. The number of carbonyl (C=O) groups excluding carboxylic acids is 1. The van der Waals surface area contributed by atoms with Gasteiger partial charge in [-0.1, -0.05) is 39.3 Å². The quantitative estimate of drug-likeness (QED) is 0.456. The van der Waals surface area contributed by atoms with Gasteiger partial charge in [-0.05, 0) is 56.1 Å². The van der Waals surface area contributed by atoms with Crippen molar-refractivity contribution in [1.82, 2.24) is 20.4 Å². The first-order chi connectivity index (χ1) is 16.5. The van der Waals surface area contributed by atoms with Gasteiger partial charge in [-0.25, -0.2) is 0 Å². The molecule has 0 saturated carbocycles. The van der Waals surface area contributed by atoms with Crippen molar-refractivity contribution in [2.45, 2.75) is 32.4 Å². The number of benzene rings is 2. The van der Waals surface area contributed by atoms with Crippen molar-refractivity contribution >= 4 is 21.8 Å². The fourth-order valence-electron chi connectivity index (χ4n) is 4.21. The zero-order valence-corrected chi connectivity index (χ0v) is 21.2. The number of amides is 1. The number of likely N-dealkylation sites (tertiary alicyclic amines) is 1. The van der Waals surface area contributed by atoms with Crippen molar-refractivity contribution in [3.05, 3.63) is 58.4 Å². The number of ether oxygens (including phenoxy) is 2. The highest BCUT2D eigenvalue weighted by Crippen LogP contribution is 2.30. The van der Waals surface area contributed by atoms with Gasteiger partial charge in [0, 0.05) is 16.6 Å². The number of aromatic nitrogens is 2. The van der Waals surface area contributed by atoms with Crippen LogP contribution in [0.25, 0.3) is 11.4 Å². The maximum absolute atomic E-state index is 13.0. The number of nitrogens with zero attached hydrogens (tertiary/aromatic N) is 3. The van der Waals surface area contributed by atoms with E-state index in [0.29, 0.717) is 36.3 Å². The molecule has 0 radical (unpaired) electrons. The van der Waals surface area contributed by atoms with E-state index < -0.39 is 0 Å². The molecule has 2 aromatic carbocycles. The number of halogens is 1. The van der Waals surface area contributed by atoms with Crippen LogP contribution in [0.4, 0.5) is 0 Å². The second kappa shape index (κ2) is 11.0. The second-order valence-corrected chi connectivity index (χ2v) is 9.36. The molecule has 1 fully saturated rings. The molecule has 1 saturated heterocycles. The van der Waals surface area contributed by atoms with Crippen LogP contribution in [0.15, 0.2) is 51.5 Å². The third kappa shape index (κ3) is 5.77. The van der Waals surface area contributed by atoms with Crippen LogP contribution in [-0.4, -0.2) is 48.3 Å². The standard InChI is InChI=1S/C25H29BrN4O4/c1-16(17-9-10-21(32-2)22(13-17)33-3)27-25(31)19-7-5-11-30(14-19)15-23-28-24(29-34-23)18-6-4-8-20(26)12-18/h4,6,8-10,12-13,16,19H,5,7,11,14-15H2,1-3H3,(H,27,31). The number of hydrogen-bond donors (Lipinski definition) is 1. The normalized spacial score (nSPS) is 17.2. The Hall–Kier alpha value is -2.91. The molecule has 2 heterocycles. The molecule has 180 valence electrons. The summed E-state index contributed by atoms with van der Waals surface area (Å²) in [6.45, 7) is 4.04. The molecule has 0 spiro atoms. The van der Waals surface area contributed by atoms with Crippen LogP contribution in [-0.2, 0) is 11.3 Å². The SMILES string of the molecule is COc1ccc(C(C)NC(=O)C2CCCN(Cc3nc(-c4cccc(Br)c4)no3)C2)cc1OC. The summed E-state index contributed by atoms with van der Waals surface area (Å²) in [5, 5.41) is 7.27. The smallest absolute Gasteiger partial charge is 0.241 e. The van der Waals surface area contributed by atoms with E-state index in [9.17, 15) is 4.79 Å². The molecule has 3 aromatic rings. The second-order valence-electron chi connectivity index (χ2n) is 8.44. The minimum atomic E-state index is -0.147. The van der Waals surface area contributed by atoms with Gasteiger partial charge in [-0.3, -0.25) is 9.69 Å². The molecule has 2 atom stereocenters. The Bertz CT molecular complexity index is 1140. The molecule has 0 aliphatic carbocycles. The summed E-state index contributed by atoms with van der Waals surface area (Å²) < 4.78 is 17.1. The Morgan fingerprint density at radius 3 is 2.82 bits per heavy atom. The number of hydrogen-bond acceptors (Lipinski definition) is 7. The Kier molecular flexibility index (Phi) is 7.84. The van der Waals surface area contributed by atoms with E-state index in [1.54, 1.807) is 14.2 Å². The maximum Gasteiger partial charge on any atom is 0.241 e. The maximum atomic E-state index is 13.0. The Morgan fingerprint density at radius 2 is 2.06 bits per heavy atom. The highest BCUT2D eigenvalue weighted by molar-refractivity contribution is 9.10. The predicted octanol–water partition coefficient (Wildman–Crippen LogP) is 4.61. The molecule has 2 unspecified atom stereocenters. The first-order valence-corrected chi connectivity index (χ1v) is 12.1. The van der Waals surface area contributed by atoms with Gasteiger partial charge in [-0.2, -0.15) is 4.98 Å². The summed E-state index contributed by atoms with van der Waals surface area (Å²) in [5.41, 5.74) is 1.86. The fourth-order valence-corrected chi connectivity index (χ4v) is 4.60. The molecular weight excluding hydrogens is 500 g/mol. The lowest BCUT2D eigenvalue weighted by Crippen LogP contribution is -2.43. The van der Waals surface area contributed by atoms with Crippen LogP contribution >= 0.6 is 15.9 Å². The van der Waals surface area contributed by atoms with Crippen molar-refractivity contribution in [3.8, 4) is 22.9 Å². The zero-order valence-electron chi connectivity index (χ0n) is 19.6. The van der Waals surface area contributed by atoms with Crippen LogP contribution in [0, 0.1) is 5.92 Å². The van der Waals surface area contributed by atoms with E-state index >= 15 is 0 Å². The van der Waals surface area contributed by atoms with Crippen molar-refractivity contribution in [2.24, 2.45) is 5.92 Å². The molecule has 9 heteroatoms. The molecule has 1 aromatic heterocycles. The van der Waals surface area contributed by atoms with Gasteiger partial charge < -0.3 is 19.3 Å². The summed E-state index contributed by atoms with van der Waals surface area (Å²) in [7, 11) is 3.21. The molecule has 1 amide bonds. The minimum Gasteiger partial charge on any atom is -0.493 e. The van der Waals surface area contributed by atoms with E-state index in [-0.39, 0.29) is 17.9 Å². The third-order valence-corrected chi connectivity index (χ3v) is 6.55. The summed E-state index contributed by atoms with van der Waals surface area (Å²) >= 11 is 3.47. The van der Waals surface area contributed by atoms with Crippen LogP contribution in [0.1, 0.15) is 37.3 Å². The highest BCUT2D eigenvalue weighted by atomic mass is 79.9. The number of methoxy groups -OCH3 is 2. The average Bonchev–Trinajstić information content (AvgIpc) is 3.32. The molecule has 4 rings (SSSR count). The average molecular weight is 529 g/mol. The zero-order chi connectivity index (χ0) is 24.1. The lowest BCUT2D eigenvalue weighted by Gasteiger charge is -2.31. The fraction of sp³-hybridized carbons (Fsp3) is 0.400. The predicted molar refractivity (Wildman–Crippen MR) is 132 cm³/mol. The number of rotatable bonds is 8. The first kappa shape index (κ1) is 24.2. The van der Waals surface area contributed by atoms with E-state index in [4.69, 9.17) is 14.0 Å². The molecule has 0 bridgehead atoms. The molecule has 1 aliphatic heterocycles. The number of piperidine rings is 1. The summed E-state index contributed by atoms with van der Waals surface area (Å²) in [6.07, 6.45) is 1.80. The van der Waals surface area contributed by atoms with Gasteiger partial charge in [0.25, 0.3) is 0 Å². The number of nitrogens with one attached hydrogen (secondary N) is 1. The number of carbonyl (C=O) groups is 1. The van der Waals surface area contributed by atoms with Gasteiger partial charge in [0.15, 0.2) is 11.5 Å². The summed E-state index contributed by atoms with van der Waals surface area (Å²) in [4.78, 5) is 19.8. The lowest BCUT2D eigenvalue weighted by molar-refractivity contribution is -0.127. The van der Waals surface area contributed by atoms with Crippen molar-refractivity contribution in [1.29, 1.82) is 0 Å². The van der Waals surface area contributed by atoms with Gasteiger partial charge in [0.2, 0.25) is 17.6 Å². The van der Waals surface area contributed by atoms with E-state index in [0.717, 1.165) is 35.0 Å². The lowest BCUT2D eigenvalue weighted by atomic mass is 9.96.